The second-order valence-corrected chi connectivity index (χ2v) is 6.56. The van der Waals surface area contributed by atoms with Gasteiger partial charge in [0.2, 0.25) is 0 Å². The van der Waals surface area contributed by atoms with Gasteiger partial charge < -0.3 is 4.74 Å². The number of halogens is 4. The normalized spacial score (nSPS) is 13.6. The van der Waals surface area contributed by atoms with Crippen LogP contribution in [0, 0.1) is 13.8 Å². The van der Waals surface area contributed by atoms with Crippen molar-refractivity contribution in [3.05, 3.63) is 52.4 Å². The maximum absolute atomic E-state index is 14.2. The summed E-state index contributed by atoms with van der Waals surface area (Å²) in [7, 11) is 0. The average Bonchev–Trinajstić information content (AvgIpc) is 2.66. The van der Waals surface area contributed by atoms with Gasteiger partial charge in [-0.25, -0.2) is 23.1 Å². The van der Waals surface area contributed by atoms with Crippen LogP contribution >= 0.6 is 11.6 Å². The number of pyridine rings is 1. The molecule has 0 N–H and O–H groups in total. The van der Waals surface area contributed by atoms with Crippen LogP contribution in [0.5, 0.6) is 11.8 Å². The van der Waals surface area contributed by atoms with Gasteiger partial charge >= 0.3 is 6.01 Å². The summed E-state index contributed by atoms with van der Waals surface area (Å²) in [5.74, 6) is 0.350. The first-order chi connectivity index (χ1) is 12.9. The molecule has 0 aliphatic heterocycles. The number of fused-ring (bicyclic) bond motifs is 1. The van der Waals surface area contributed by atoms with Crippen LogP contribution < -0.4 is 4.74 Å². The topological polar surface area (TPSA) is 47.9 Å². The highest BCUT2D eigenvalue weighted by Crippen LogP contribution is 2.34. The van der Waals surface area contributed by atoms with Crippen LogP contribution in [-0.4, -0.2) is 34.0 Å². The fourth-order valence-electron chi connectivity index (χ4n) is 2.80. The largest absolute Gasteiger partial charge is 0.424 e. The van der Waals surface area contributed by atoms with E-state index in [-0.39, 0.29) is 12.4 Å². The zero-order chi connectivity index (χ0) is 19.6. The fraction of sp³-hybridized carbons (Fsp3) is 0.316. The van der Waals surface area contributed by atoms with E-state index in [1.54, 1.807) is 32.0 Å². The lowest BCUT2D eigenvalue weighted by Crippen LogP contribution is -2.22. The van der Waals surface area contributed by atoms with E-state index in [4.69, 9.17) is 16.3 Å². The number of alkyl halides is 3. The predicted octanol–water partition coefficient (Wildman–Crippen LogP) is 5.28. The smallest absolute Gasteiger partial charge is 0.321 e. The molecule has 1 aromatic carbocycles. The first kappa shape index (κ1) is 19.4. The van der Waals surface area contributed by atoms with Crippen molar-refractivity contribution in [1.82, 2.24) is 15.0 Å². The predicted molar refractivity (Wildman–Crippen MR) is 97.8 cm³/mol. The van der Waals surface area contributed by atoms with E-state index in [9.17, 15) is 13.2 Å². The van der Waals surface area contributed by atoms with E-state index in [0.29, 0.717) is 38.5 Å². The highest BCUT2D eigenvalue weighted by Gasteiger charge is 2.24. The van der Waals surface area contributed by atoms with Crippen molar-refractivity contribution in [2.45, 2.75) is 32.6 Å². The first-order valence-corrected chi connectivity index (χ1v) is 8.66. The van der Waals surface area contributed by atoms with Crippen LogP contribution in [0.3, 0.4) is 0 Å². The fourth-order valence-corrected chi connectivity index (χ4v) is 2.90. The van der Waals surface area contributed by atoms with Crippen LogP contribution in [0.25, 0.3) is 10.9 Å². The van der Waals surface area contributed by atoms with Gasteiger partial charge in [-0.2, -0.15) is 0 Å². The van der Waals surface area contributed by atoms with E-state index in [2.05, 4.69) is 15.0 Å². The Bertz CT molecular complexity index is 953. The van der Waals surface area contributed by atoms with Gasteiger partial charge in [-0.1, -0.05) is 17.7 Å². The van der Waals surface area contributed by atoms with Crippen LogP contribution in [-0.2, 0) is 6.42 Å². The van der Waals surface area contributed by atoms with Crippen LogP contribution in [0.1, 0.15) is 16.8 Å². The molecule has 0 bridgehead atoms. The molecular formula is C19H17ClF3N3O. The third kappa shape index (κ3) is 4.13. The molecule has 0 spiro atoms. The molecule has 4 nitrogen and oxygen atoms in total. The molecule has 27 heavy (non-hydrogen) atoms. The molecule has 0 saturated carbocycles. The van der Waals surface area contributed by atoms with Crippen molar-refractivity contribution < 1.29 is 17.9 Å². The average molecular weight is 396 g/mol. The standard InChI is InChI=1S/C19H17ClF3N3O/c1-10-11(2)26-16-4-3-5-17(27-19-24-8-12(20)9-25-19)18(16)13(10)6-14(22)15(23)7-21/h3-5,8-9,14-15H,6-7H2,1-2H3. The third-order valence-electron chi connectivity index (χ3n) is 4.33. The maximum atomic E-state index is 14.2. The van der Waals surface area contributed by atoms with E-state index in [1.165, 1.54) is 12.4 Å². The van der Waals surface area contributed by atoms with Crippen molar-refractivity contribution >= 4 is 22.5 Å². The molecule has 2 atom stereocenters. The Morgan fingerprint density at radius 3 is 2.48 bits per heavy atom. The molecular weight excluding hydrogens is 379 g/mol. The van der Waals surface area contributed by atoms with Gasteiger partial charge in [0.15, 0.2) is 6.17 Å². The van der Waals surface area contributed by atoms with Crippen LogP contribution in [0.15, 0.2) is 30.6 Å². The third-order valence-corrected chi connectivity index (χ3v) is 4.52. The molecule has 0 fully saturated rings. The quantitative estimate of drug-likeness (QED) is 0.570. The molecule has 3 aromatic rings. The number of benzene rings is 1. The summed E-state index contributed by atoms with van der Waals surface area (Å²) in [6.07, 6.45) is -1.68. The Labute approximate surface area is 159 Å². The Morgan fingerprint density at radius 2 is 1.81 bits per heavy atom. The highest BCUT2D eigenvalue weighted by atomic mass is 35.5. The Kier molecular flexibility index (Phi) is 5.79. The minimum Gasteiger partial charge on any atom is -0.424 e. The number of ether oxygens (including phenoxy) is 1. The van der Waals surface area contributed by atoms with Gasteiger partial charge in [0.1, 0.15) is 18.6 Å². The summed E-state index contributed by atoms with van der Waals surface area (Å²) in [6.45, 7) is 2.18. The maximum Gasteiger partial charge on any atom is 0.321 e. The second kappa shape index (κ2) is 8.08. The minimum absolute atomic E-state index is 0.0556. The number of aromatic nitrogens is 3. The summed E-state index contributed by atoms with van der Waals surface area (Å²) in [4.78, 5) is 12.5. The Hall–Kier alpha value is -2.41. The number of rotatable bonds is 6. The highest BCUT2D eigenvalue weighted by molar-refractivity contribution is 6.30. The SMILES string of the molecule is Cc1nc2cccc(Oc3ncc(Cl)cn3)c2c(CC(F)C(F)CF)c1C. The van der Waals surface area contributed by atoms with Gasteiger partial charge in [0.25, 0.3) is 0 Å². The number of hydrogen-bond acceptors (Lipinski definition) is 4. The second-order valence-electron chi connectivity index (χ2n) is 6.13. The van der Waals surface area contributed by atoms with Crippen LogP contribution in [0.4, 0.5) is 13.2 Å². The Morgan fingerprint density at radius 1 is 1.11 bits per heavy atom. The van der Waals surface area contributed by atoms with Crippen molar-refractivity contribution in [2.75, 3.05) is 6.67 Å². The van der Waals surface area contributed by atoms with Crippen molar-refractivity contribution in [3.8, 4) is 11.8 Å². The van der Waals surface area contributed by atoms with Gasteiger partial charge in [-0.3, -0.25) is 4.98 Å². The Balaban J connectivity index is 2.11. The van der Waals surface area contributed by atoms with Gasteiger partial charge in [-0.15, -0.1) is 0 Å². The van der Waals surface area contributed by atoms with E-state index in [0.717, 1.165) is 0 Å². The van der Waals surface area contributed by atoms with Gasteiger partial charge in [0, 0.05) is 17.5 Å². The molecule has 142 valence electrons. The molecule has 0 aliphatic rings. The zero-order valence-corrected chi connectivity index (χ0v) is 15.5. The van der Waals surface area contributed by atoms with Crippen LogP contribution in [0.2, 0.25) is 5.02 Å². The first-order valence-electron chi connectivity index (χ1n) is 8.29. The van der Waals surface area contributed by atoms with Crippen molar-refractivity contribution in [2.24, 2.45) is 0 Å². The van der Waals surface area contributed by atoms with Gasteiger partial charge in [0.05, 0.1) is 22.9 Å². The molecule has 2 heterocycles. The summed E-state index contributed by atoms with van der Waals surface area (Å²) < 4.78 is 46.0. The molecule has 0 aliphatic carbocycles. The summed E-state index contributed by atoms with van der Waals surface area (Å²) in [5, 5.41) is 0.877. The summed E-state index contributed by atoms with van der Waals surface area (Å²) >= 11 is 5.78. The summed E-state index contributed by atoms with van der Waals surface area (Å²) in [5.41, 5.74) is 2.46. The van der Waals surface area contributed by atoms with Crippen molar-refractivity contribution in [3.63, 3.8) is 0 Å². The molecule has 2 aromatic heterocycles. The molecule has 2 unspecified atom stereocenters. The molecule has 0 amide bonds. The van der Waals surface area contributed by atoms with E-state index >= 15 is 0 Å². The number of nitrogens with zero attached hydrogens (tertiary/aromatic N) is 3. The van der Waals surface area contributed by atoms with Gasteiger partial charge in [-0.05, 0) is 37.1 Å². The lowest BCUT2D eigenvalue weighted by molar-refractivity contribution is 0.137. The lowest BCUT2D eigenvalue weighted by Gasteiger charge is -2.18. The summed E-state index contributed by atoms with van der Waals surface area (Å²) in [6, 6.07) is 5.19. The molecule has 8 heteroatoms. The molecule has 0 radical (unpaired) electrons. The number of hydrogen-bond donors (Lipinski definition) is 0. The number of aryl methyl sites for hydroxylation is 1. The molecule has 0 saturated heterocycles. The lowest BCUT2D eigenvalue weighted by atomic mass is 9.95. The molecule has 3 rings (SSSR count). The van der Waals surface area contributed by atoms with Crippen molar-refractivity contribution in [1.29, 1.82) is 0 Å². The monoisotopic (exact) mass is 395 g/mol. The van der Waals surface area contributed by atoms with E-state index < -0.39 is 19.0 Å². The zero-order valence-electron chi connectivity index (χ0n) is 14.7. The van der Waals surface area contributed by atoms with E-state index in [1.807, 2.05) is 0 Å². The minimum atomic E-state index is -2.18.